The number of hydrogen-bond acceptors (Lipinski definition) is 7. The molecule has 190 valence electrons. The molecule has 0 fully saturated rings. The fraction of sp³-hybridized carbons (Fsp3) is 0.292. The molecule has 0 radical (unpaired) electrons. The molecule has 0 unspecified atom stereocenters. The van der Waals surface area contributed by atoms with Crippen LogP contribution in [0.3, 0.4) is 0 Å². The number of hydrogen-bond donors (Lipinski definition) is 1. The summed E-state index contributed by atoms with van der Waals surface area (Å²) in [4.78, 5) is 29.5. The van der Waals surface area contributed by atoms with Gasteiger partial charge in [0.2, 0.25) is 0 Å². The molecule has 1 N–H and O–H groups in total. The van der Waals surface area contributed by atoms with Crippen molar-refractivity contribution in [3.63, 3.8) is 0 Å². The number of nitro groups is 1. The second-order valence-corrected chi connectivity index (χ2v) is 8.31. The van der Waals surface area contributed by atoms with E-state index in [-0.39, 0.29) is 23.9 Å². The van der Waals surface area contributed by atoms with Gasteiger partial charge in [0.1, 0.15) is 6.54 Å². The quantitative estimate of drug-likeness (QED) is 0.152. The van der Waals surface area contributed by atoms with Gasteiger partial charge in [0.05, 0.1) is 29.8 Å². The molecule has 0 aliphatic carbocycles. The van der Waals surface area contributed by atoms with Crippen LogP contribution in [0.4, 0.5) is 11.4 Å². The number of rotatable bonds is 13. The standard InChI is InChI=1S/C24H26Cl2N6O4/c1-2-36-23-8-5-19(13-22(23)32(34)35)21-15-30(17-27-21)16-24(33)29-28-14-18-3-6-20(7-4-18)31(11-9-25)12-10-26/h3-8,13-15,17H,2,9-12,16H2,1H3,(H,29,33)/b28-14-. The number of hydrazone groups is 1. The lowest BCUT2D eigenvalue weighted by Crippen LogP contribution is -2.27. The summed E-state index contributed by atoms with van der Waals surface area (Å²) in [6, 6.07) is 12.3. The van der Waals surface area contributed by atoms with Crippen molar-refractivity contribution in [2.24, 2.45) is 5.10 Å². The number of aromatic nitrogens is 2. The van der Waals surface area contributed by atoms with Crippen LogP contribution in [-0.4, -0.2) is 58.1 Å². The first-order valence-electron chi connectivity index (χ1n) is 11.2. The van der Waals surface area contributed by atoms with E-state index < -0.39 is 4.92 Å². The molecule has 0 saturated carbocycles. The van der Waals surface area contributed by atoms with Gasteiger partial charge in [-0.1, -0.05) is 12.1 Å². The van der Waals surface area contributed by atoms with E-state index in [1.165, 1.54) is 18.5 Å². The number of alkyl halides is 2. The second-order valence-electron chi connectivity index (χ2n) is 7.55. The van der Waals surface area contributed by atoms with Gasteiger partial charge < -0.3 is 14.2 Å². The smallest absolute Gasteiger partial charge is 0.311 e. The Morgan fingerprint density at radius 3 is 2.58 bits per heavy atom. The third-order valence-corrected chi connectivity index (χ3v) is 5.42. The molecule has 10 nitrogen and oxygen atoms in total. The van der Waals surface area contributed by atoms with E-state index in [0.717, 1.165) is 11.3 Å². The summed E-state index contributed by atoms with van der Waals surface area (Å²) in [5.41, 5.74) is 5.20. The van der Waals surface area contributed by atoms with Crippen LogP contribution in [0, 0.1) is 10.1 Å². The highest BCUT2D eigenvalue weighted by Crippen LogP contribution is 2.31. The van der Waals surface area contributed by atoms with Crippen LogP contribution >= 0.6 is 23.2 Å². The number of nitrogens with one attached hydrogen (secondary N) is 1. The largest absolute Gasteiger partial charge is 0.487 e. The summed E-state index contributed by atoms with van der Waals surface area (Å²) in [7, 11) is 0. The molecule has 2 aromatic carbocycles. The van der Waals surface area contributed by atoms with Crippen LogP contribution in [0.1, 0.15) is 12.5 Å². The number of ether oxygens (including phenoxy) is 1. The predicted octanol–water partition coefficient (Wildman–Crippen LogP) is 4.29. The molecule has 0 atom stereocenters. The van der Waals surface area contributed by atoms with Crippen LogP contribution in [-0.2, 0) is 11.3 Å². The molecule has 36 heavy (non-hydrogen) atoms. The lowest BCUT2D eigenvalue weighted by Gasteiger charge is -2.22. The van der Waals surface area contributed by atoms with Crippen LogP contribution in [0.5, 0.6) is 5.75 Å². The normalized spacial score (nSPS) is 11.0. The average molecular weight is 533 g/mol. The van der Waals surface area contributed by atoms with Gasteiger partial charge in [-0.25, -0.2) is 10.4 Å². The third kappa shape index (κ3) is 7.43. The van der Waals surface area contributed by atoms with E-state index in [1.807, 2.05) is 24.3 Å². The van der Waals surface area contributed by atoms with Gasteiger partial charge in [0.15, 0.2) is 5.75 Å². The van der Waals surface area contributed by atoms with Crippen molar-refractivity contribution in [1.82, 2.24) is 15.0 Å². The Morgan fingerprint density at radius 1 is 1.22 bits per heavy atom. The maximum Gasteiger partial charge on any atom is 0.311 e. The maximum absolute atomic E-state index is 12.3. The van der Waals surface area contributed by atoms with E-state index in [9.17, 15) is 14.9 Å². The van der Waals surface area contributed by atoms with Gasteiger partial charge >= 0.3 is 5.69 Å². The number of nitro benzene ring substituents is 1. The molecule has 12 heteroatoms. The molecule has 1 amide bonds. The summed E-state index contributed by atoms with van der Waals surface area (Å²) in [6.45, 7) is 3.45. The zero-order chi connectivity index (χ0) is 25.9. The minimum Gasteiger partial charge on any atom is -0.487 e. The number of carbonyl (C=O) groups excluding carboxylic acids is 1. The SMILES string of the molecule is CCOc1ccc(-c2cn(CC(=O)N/N=C\c3ccc(N(CCCl)CCCl)cc3)cn2)cc1[N+](=O)[O-]. The van der Waals surface area contributed by atoms with Gasteiger partial charge in [0.25, 0.3) is 5.91 Å². The fourth-order valence-corrected chi connectivity index (χ4v) is 3.83. The highest BCUT2D eigenvalue weighted by Gasteiger charge is 2.17. The van der Waals surface area contributed by atoms with Gasteiger partial charge in [0, 0.05) is 48.4 Å². The molecule has 1 aromatic heterocycles. The van der Waals surface area contributed by atoms with Crippen LogP contribution in [0.2, 0.25) is 0 Å². The third-order valence-electron chi connectivity index (χ3n) is 5.08. The molecule has 0 spiro atoms. The lowest BCUT2D eigenvalue weighted by atomic mass is 10.1. The maximum atomic E-state index is 12.3. The van der Waals surface area contributed by atoms with Gasteiger partial charge in [-0.3, -0.25) is 14.9 Å². The molecular weight excluding hydrogens is 507 g/mol. The minimum atomic E-state index is -0.500. The van der Waals surface area contributed by atoms with E-state index >= 15 is 0 Å². The monoisotopic (exact) mass is 532 g/mol. The zero-order valence-electron chi connectivity index (χ0n) is 19.6. The molecular formula is C24H26Cl2N6O4. The summed E-state index contributed by atoms with van der Waals surface area (Å²) in [5, 5.41) is 15.4. The van der Waals surface area contributed by atoms with Crippen LogP contribution in [0.25, 0.3) is 11.3 Å². The van der Waals surface area contributed by atoms with Gasteiger partial charge in [-0.15, -0.1) is 23.2 Å². The number of imidazole rings is 1. The first-order valence-corrected chi connectivity index (χ1v) is 12.2. The van der Waals surface area contributed by atoms with E-state index in [0.29, 0.717) is 42.7 Å². The molecule has 0 aliphatic heterocycles. The van der Waals surface area contributed by atoms with Crippen molar-refractivity contribution in [2.75, 3.05) is 36.4 Å². The Kier molecular flexibility index (Phi) is 10.1. The average Bonchev–Trinajstić information content (AvgIpc) is 3.33. The van der Waals surface area contributed by atoms with E-state index in [1.54, 1.807) is 30.0 Å². The molecule has 0 bridgehead atoms. The summed E-state index contributed by atoms with van der Waals surface area (Å²) in [5.74, 6) is 0.857. The predicted molar refractivity (Wildman–Crippen MR) is 141 cm³/mol. The highest BCUT2D eigenvalue weighted by atomic mass is 35.5. The molecule has 1 heterocycles. The van der Waals surface area contributed by atoms with Gasteiger partial charge in [-0.2, -0.15) is 5.10 Å². The number of nitrogens with zero attached hydrogens (tertiary/aromatic N) is 5. The van der Waals surface area contributed by atoms with E-state index in [2.05, 4.69) is 20.4 Å². The Morgan fingerprint density at radius 2 is 1.94 bits per heavy atom. The van der Waals surface area contributed by atoms with Crippen molar-refractivity contribution in [3.8, 4) is 17.0 Å². The number of carbonyl (C=O) groups is 1. The number of benzene rings is 2. The van der Waals surface area contributed by atoms with Crippen molar-refractivity contribution >= 4 is 46.7 Å². The van der Waals surface area contributed by atoms with Crippen LogP contribution in [0.15, 0.2) is 60.1 Å². The zero-order valence-corrected chi connectivity index (χ0v) is 21.2. The Bertz CT molecular complexity index is 1190. The number of amides is 1. The minimum absolute atomic E-state index is 0.0196. The summed E-state index contributed by atoms with van der Waals surface area (Å²) < 4.78 is 6.88. The lowest BCUT2D eigenvalue weighted by molar-refractivity contribution is -0.385. The Labute approximate surface area is 218 Å². The molecule has 0 saturated heterocycles. The summed E-state index contributed by atoms with van der Waals surface area (Å²) in [6.07, 6.45) is 4.66. The first kappa shape index (κ1) is 27.0. The molecule has 3 aromatic rings. The van der Waals surface area contributed by atoms with Crippen molar-refractivity contribution < 1.29 is 14.5 Å². The molecule has 3 rings (SSSR count). The van der Waals surface area contributed by atoms with Crippen molar-refractivity contribution in [3.05, 3.63) is 70.7 Å². The topological polar surface area (TPSA) is 115 Å². The highest BCUT2D eigenvalue weighted by molar-refractivity contribution is 6.18. The Hall–Kier alpha value is -3.63. The summed E-state index contributed by atoms with van der Waals surface area (Å²) >= 11 is 11.7. The van der Waals surface area contributed by atoms with Crippen molar-refractivity contribution in [2.45, 2.75) is 13.5 Å². The second kappa shape index (κ2) is 13.5. The molecule has 0 aliphatic rings. The Balaban J connectivity index is 1.58. The number of halogens is 2. The van der Waals surface area contributed by atoms with E-state index in [4.69, 9.17) is 27.9 Å². The first-order chi connectivity index (χ1) is 17.4. The van der Waals surface area contributed by atoms with Gasteiger partial charge in [-0.05, 0) is 36.8 Å². The van der Waals surface area contributed by atoms with Crippen LogP contribution < -0.4 is 15.1 Å². The fourth-order valence-electron chi connectivity index (χ4n) is 3.42. The number of anilines is 1. The van der Waals surface area contributed by atoms with Crippen molar-refractivity contribution in [1.29, 1.82) is 0 Å².